The average molecular weight is 519 g/mol. The van der Waals surface area contributed by atoms with E-state index in [9.17, 15) is 14.9 Å². The number of aromatic nitrogens is 2. The maximum Gasteiger partial charge on any atom is 0.240 e. The maximum atomic E-state index is 14.1. The average Bonchev–Trinajstić information content (AvgIpc) is 3.48. The number of amides is 2. The van der Waals surface area contributed by atoms with Crippen LogP contribution in [0.4, 0.5) is 5.69 Å². The largest absolute Gasteiger partial charge is 0.476 e. The van der Waals surface area contributed by atoms with E-state index in [0.29, 0.717) is 40.7 Å². The molecular weight excluding hydrogens is 492 g/mol. The molecule has 2 amide bonds. The van der Waals surface area contributed by atoms with Gasteiger partial charge in [0.2, 0.25) is 17.7 Å². The minimum atomic E-state index is -0.812. The molecule has 194 valence electrons. The Morgan fingerprint density at radius 3 is 2.54 bits per heavy atom. The fourth-order valence-electron chi connectivity index (χ4n) is 7.10. The number of carbonyl (C=O) groups excluding carboxylic acids is 2. The van der Waals surface area contributed by atoms with Crippen LogP contribution in [0.5, 0.6) is 5.88 Å². The number of nitrogens with zero attached hydrogens (tertiary/aromatic N) is 4. The second-order valence-corrected chi connectivity index (χ2v) is 11.0. The molecule has 0 unspecified atom stereocenters. The van der Waals surface area contributed by atoms with Gasteiger partial charge in [0.05, 0.1) is 64.2 Å². The van der Waals surface area contributed by atoms with Gasteiger partial charge in [-0.1, -0.05) is 43.3 Å². The van der Waals surface area contributed by atoms with Crippen LogP contribution in [0.15, 0.2) is 66.9 Å². The number of rotatable bonds is 5. The lowest BCUT2D eigenvalue weighted by Gasteiger charge is -2.34. The van der Waals surface area contributed by atoms with Crippen molar-refractivity contribution in [2.45, 2.75) is 37.9 Å². The molecule has 3 aliphatic rings. The van der Waals surface area contributed by atoms with Crippen LogP contribution >= 0.6 is 0 Å². The molecule has 0 saturated carbocycles. The maximum absolute atomic E-state index is 14.1. The lowest BCUT2D eigenvalue weighted by atomic mass is 9.63. The monoisotopic (exact) mass is 518 g/mol. The van der Waals surface area contributed by atoms with Crippen LogP contribution in [0.1, 0.15) is 32.3 Å². The molecule has 3 aliphatic heterocycles. The summed E-state index contributed by atoms with van der Waals surface area (Å²) in [6.45, 7) is 4.33. The van der Waals surface area contributed by atoms with Crippen molar-refractivity contribution in [2.24, 2.45) is 17.8 Å². The van der Waals surface area contributed by atoms with Gasteiger partial charge in [0, 0.05) is 17.2 Å². The molecule has 7 rings (SSSR count). The minimum absolute atomic E-state index is 0.0913. The van der Waals surface area contributed by atoms with Crippen molar-refractivity contribution in [1.82, 2.24) is 9.97 Å². The van der Waals surface area contributed by atoms with Crippen molar-refractivity contribution in [3.63, 3.8) is 0 Å². The standard InChI is InChI=1S/C31H26N4O4/c1-18-15-31(13-14-38-25-17-33-22-9-5-6-10-23(22)34-25)27-26(30(18,2)39-31)28(36)35(29(27)37)24-12-11-19(16-32)20-7-3-4-8-21(20)24/h3-12,17-18,26-27H,13-15H2,1-2H3/t18-,26-,27+,30-,31+/m0/s1. The molecule has 2 bridgehead atoms. The number of fused-ring (bicyclic) bond motifs is 7. The summed E-state index contributed by atoms with van der Waals surface area (Å²) in [6.07, 6.45) is 2.71. The van der Waals surface area contributed by atoms with E-state index >= 15 is 0 Å². The molecule has 4 heterocycles. The third-order valence-corrected chi connectivity index (χ3v) is 9.01. The summed E-state index contributed by atoms with van der Waals surface area (Å²) < 4.78 is 12.7. The van der Waals surface area contributed by atoms with Crippen molar-refractivity contribution in [2.75, 3.05) is 11.5 Å². The molecular formula is C31H26N4O4. The summed E-state index contributed by atoms with van der Waals surface area (Å²) in [5.74, 6) is -1.17. The van der Waals surface area contributed by atoms with E-state index < -0.39 is 23.0 Å². The Hall–Kier alpha value is -4.35. The van der Waals surface area contributed by atoms with Gasteiger partial charge in [0.25, 0.3) is 0 Å². The minimum Gasteiger partial charge on any atom is -0.476 e. The van der Waals surface area contributed by atoms with Crippen molar-refractivity contribution < 1.29 is 19.1 Å². The predicted molar refractivity (Wildman–Crippen MR) is 144 cm³/mol. The van der Waals surface area contributed by atoms with Gasteiger partial charge in [-0.15, -0.1) is 0 Å². The van der Waals surface area contributed by atoms with Crippen LogP contribution in [-0.2, 0) is 14.3 Å². The Kier molecular flexibility index (Phi) is 5.07. The lowest BCUT2D eigenvalue weighted by Crippen LogP contribution is -2.46. The summed E-state index contributed by atoms with van der Waals surface area (Å²) in [5.41, 5.74) is 0.987. The molecule has 0 aliphatic carbocycles. The van der Waals surface area contributed by atoms with E-state index in [1.54, 1.807) is 18.3 Å². The molecule has 4 aromatic rings. The van der Waals surface area contributed by atoms with Gasteiger partial charge in [0.15, 0.2) is 0 Å². The fraction of sp³-hybridized carbons (Fsp3) is 0.323. The molecule has 0 radical (unpaired) electrons. The highest BCUT2D eigenvalue weighted by Gasteiger charge is 2.76. The summed E-state index contributed by atoms with van der Waals surface area (Å²) in [6, 6.07) is 20.6. The first-order chi connectivity index (χ1) is 18.9. The zero-order valence-electron chi connectivity index (χ0n) is 21.6. The van der Waals surface area contributed by atoms with Crippen molar-refractivity contribution in [3.8, 4) is 11.9 Å². The quantitative estimate of drug-likeness (QED) is 0.350. The Morgan fingerprint density at radius 1 is 1.03 bits per heavy atom. The van der Waals surface area contributed by atoms with E-state index in [0.717, 1.165) is 11.0 Å². The Labute approximate surface area is 225 Å². The van der Waals surface area contributed by atoms with Crippen LogP contribution in [0.25, 0.3) is 21.8 Å². The van der Waals surface area contributed by atoms with Crippen LogP contribution < -0.4 is 9.64 Å². The van der Waals surface area contributed by atoms with Gasteiger partial charge < -0.3 is 9.47 Å². The lowest BCUT2D eigenvalue weighted by molar-refractivity contribution is -0.131. The molecule has 8 heteroatoms. The summed E-state index contributed by atoms with van der Waals surface area (Å²) in [4.78, 5) is 38.4. The SMILES string of the molecule is C[C@H]1C[C@@]2(CCOc3cnc4ccccc4n3)O[C@]1(C)[C@@H]1C(=O)N(c3ccc(C#N)c4ccccc34)C(=O)[C@@H]12. The fourth-order valence-corrected chi connectivity index (χ4v) is 7.10. The number of hydrogen-bond acceptors (Lipinski definition) is 7. The number of ether oxygens (including phenoxy) is 2. The molecule has 3 saturated heterocycles. The Morgan fingerprint density at radius 2 is 1.74 bits per heavy atom. The Balaban J connectivity index is 1.21. The third-order valence-electron chi connectivity index (χ3n) is 9.01. The first-order valence-electron chi connectivity index (χ1n) is 13.2. The Bertz CT molecular complexity index is 1730. The number of imide groups is 1. The molecule has 5 atom stereocenters. The van der Waals surface area contributed by atoms with Gasteiger partial charge >= 0.3 is 0 Å². The zero-order chi connectivity index (χ0) is 26.9. The number of hydrogen-bond donors (Lipinski definition) is 0. The number of nitriles is 1. The topological polar surface area (TPSA) is 105 Å². The molecule has 3 fully saturated rings. The van der Waals surface area contributed by atoms with Gasteiger partial charge in [-0.2, -0.15) is 5.26 Å². The predicted octanol–water partition coefficient (Wildman–Crippen LogP) is 4.80. The van der Waals surface area contributed by atoms with Gasteiger partial charge in [-0.05, 0) is 43.5 Å². The van der Waals surface area contributed by atoms with Crippen LogP contribution in [0.3, 0.4) is 0 Å². The zero-order valence-corrected chi connectivity index (χ0v) is 21.6. The summed E-state index contributed by atoms with van der Waals surface area (Å²) in [7, 11) is 0. The van der Waals surface area contributed by atoms with E-state index in [1.807, 2.05) is 55.5 Å². The molecule has 3 aromatic carbocycles. The van der Waals surface area contributed by atoms with Crippen molar-refractivity contribution in [3.05, 3.63) is 72.4 Å². The van der Waals surface area contributed by atoms with Gasteiger partial charge in [0.1, 0.15) is 0 Å². The molecule has 0 N–H and O–H groups in total. The number of benzene rings is 3. The molecule has 8 nitrogen and oxygen atoms in total. The highest BCUT2D eigenvalue weighted by molar-refractivity contribution is 6.26. The second-order valence-electron chi connectivity index (χ2n) is 11.0. The van der Waals surface area contributed by atoms with Crippen molar-refractivity contribution in [1.29, 1.82) is 5.26 Å². The van der Waals surface area contributed by atoms with Crippen LogP contribution in [0, 0.1) is 29.1 Å². The number of carbonyl (C=O) groups is 2. The van der Waals surface area contributed by atoms with Crippen molar-refractivity contribution >= 4 is 39.3 Å². The highest BCUT2D eigenvalue weighted by atomic mass is 16.5. The van der Waals surface area contributed by atoms with Gasteiger partial charge in [-0.3, -0.25) is 9.59 Å². The van der Waals surface area contributed by atoms with E-state index in [1.165, 1.54) is 4.90 Å². The normalized spacial score (nSPS) is 29.3. The van der Waals surface area contributed by atoms with E-state index in [4.69, 9.17) is 9.47 Å². The molecule has 39 heavy (non-hydrogen) atoms. The molecule has 1 aromatic heterocycles. The van der Waals surface area contributed by atoms with E-state index in [2.05, 4.69) is 23.0 Å². The number of para-hydroxylation sites is 2. The van der Waals surface area contributed by atoms with E-state index in [-0.39, 0.29) is 24.3 Å². The second kappa shape index (κ2) is 8.32. The molecule has 0 spiro atoms. The van der Waals surface area contributed by atoms with Crippen LogP contribution in [-0.4, -0.2) is 39.6 Å². The number of anilines is 1. The first-order valence-corrected chi connectivity index (χ1v) is 13.2. The smallest absolute Gasteiger partial charge is 0.240 e. The summed E-state index contributed by atoms with van der Waals surface area (Å²) >= 11 is 0. The third kappa shape index (κ3) is 3.26. The highest BCUT2D eigenvalue weighted by Crippen LogP contribution is 2.64. The van der Waals surface area contributed by atoms with Crippen LogP contribution in [0.2, 0.25) is 0 Å². The van der Waals surface area contributed by atoms with Gasteiger partial charge in [-0.25, -0.2) is 14.9 Å². The first kappa shape index (κ1) is 23.7. The summed E-state index contributed by atoms with van der Waals surface area (Å²) in [5, 5.41) is 11.0.